The van der Waals surface area contributed by atoms with Crippen molar-refractivity contribution in [2.45, 2.75) is 0 Å². The molecule has 0 spiro atoms. The van der Waals surface area contributed by atoms with E-state index >= 15 is 0 Å². The Kier molecular flexibility index (Phi) is 2.20. The Labute approximate surface area is 85.9 Å². The van der Waals surface area contributed by atoms with E-state index in [-0.39, 0.29) is 0 Å². The summed E-state index contributed by atoms with van der Waals surface area (Å²) < 4.78 is 1.85. The van der Waals surface area contributed by atoms with Gasteiger partial charge in [0.15, 0.2) is 0 Å². The maximum Gasteiger partial charge on any atom is 0.116 e. The molecule has 3 nitrogen and oxygen atoms in total. The van der Waals surface area contributed by atoms with Crippen molar-refractivity contribution in [2.24, 2.45) is 7.05 Å². The number of aromatic nitrogens is 2. The maximum atomic E-state index is 4.44. The minimum absolute atomic E-state index is 1.06. The van der Waals surface area contributed by atoms with E-state index in [2.05, 4.69) is 31.4 Å². The van der Waals surface area contributed by atoms with Crippen LogP contribution < -0.4 is 10.2 Å². The van der Waals surface area contributed by atoms with Gasteiger partial charge in [0.05, 0.1) is 5.69 Å². The van der Waals surface area contributed by atoms with Crippen LogP contribution in [0.4, 0.5) is 5.69 Å². The summed E-state index contributed by atoms with van der Waals surface area (Å²) in [5, 5.41) is 6.81. The molecule has 1 aromatic heterocycles. The lowest BCUT2D eigenvalue weighted by atomic mass is 10.2. The van der Waals surface area contributed by atoms with Gasteiger partial charge in [-0.25, -0.2) is 0 Å². The minimum Gasteiger partial charge on any atom is -0.376 e. The quantitative estimate of drug-likeness (QED) is 0.654. The predicted molar refractivity (Wildman–Crippen MR) is 64.4 cm³/mol. The number of nitrogens with zero attached hydrogens (tertiary/aromatic N) is 3. The van der Waals surface area contributed by atoms with Crippen LogP contribution in [0.1, 0.15) is 0 Å². The highest BCUT2D eigenvalue weighted by atomic mass is 31.0. The standard InChI is InChI=1S/C10H14N3P/c1-12(2)9-5-8(14)4-7-6-13(3)11-10(7)9/h4-6H,14H2,1-3H3. The zero-order valence-corrected chi connectivity index (χ0v) is 9.81. The lowest BCUT2D eigenvalue weighted by Crippen LogP contribution is -2.11. The van der Waals surface area contributed by atoms with E-state index in [0.29, 0.717) is 0 Å². The largest absolute Gasteiger partial charge is 0.376 e. The third kappa shape index (κ3) is 1.48. The lowest BCUT2D eigenvalue weighted by Gasteiger charge is -2.13. The molecule has 14 heavy (non-hydrogen) atoms. The van der Waals surface area contributed by atoms with Crippen molar-refractivity contribution in [1.82, 2.24) is 9.78 Å². The Balaban J connectivity index is 2.79. The molecule has 0 radical (unpaired) electrons. The molecule has 0 bridgehead atoms. The molecule has 4 heteroatoms. The highest BCUT2D eigenvalue weighted by Crippen LogP contribution is 2.23. The number of benzene rings is 1. The molecule has 2 aromatic rings. The second-order valence-electron chi connectivity index (χ2n) is 3.68. The molecule has 0 N–H and O–H groups in total. The summed E-state index contributed by atoms with van der Waals surface area (Å²) in [6.45, 7) is 0. The van der Waals surface area contributed by atoms with Gasteiger partial charge in [0, 0.05) is 32.7 Å². The van der Waals surface area contributed by atoms with Crippen LogP contribution >= 0.6 is 9.24 Å². The minimum atomic E-state index is 1.06. The van der Waals surface area contributed by atoms with E-state index in [1.54, 1.807) is 0 Å². The van der Waals surface area contributed by atoms with E-state index in [1.165, 1.54) is 10.7 Å². The number of aryl methyl sites for hydroxylation is 1. The first-order chi connectivity index (χ1) is 6.58. The summed E-state index contributed by atoms with van der Waals surface area (Å²) in [5.74, 6) is 0. The van der Waals surface area contributed by atoms with Crippen LogP contribution in [0.25, 0.3) is 10.9 Å². The normalized spacial score (nSPS) is 10.9. The van der Waals surface area contributed by atoms with Crippen molar-refractivity contribution in [2.75, 3.05) is 19.0 Å². The van der Waals surface area contributed by atoms with Gasteiger partial charge >= 0.3 is 0 Å². The van der Waals surface area contributed by atoms with E-state index in [1.807, 2.05) is 32.0 Å². The summed E-state index contributed by atoms with van der Waals surface area (Å²) in [6.07, 6.45) is 2.04. The van der Waals surface area contributed by atoms with E-state index in [0.717, 1.165) is 11.2 Å². The highest BCUT2D eigenvalue weighted by molar-refractivity contribution is 7.27. The van der Waals surface area contributed by atoms with Gasteiger partial charge in [-0.05, 0) is 17.4 Å². The fraction of sp³-hybridized carbons (Fsp3) is 0.300. The van der Waals surface area contributed by atoms with Crippen molar-refractivity contribution >= 4 is 31.1 Å². The molecule has 2 rings (SSSR count). The highest BCUT2D eigenvalue weighted by Gasteiger charge is 2.07. The first-order valence-electron chi connectivity index (χ1n) is 4.48. The molecule has 0 fully saturated rings. The zero-order chi connectivity index (χ0) is 10.3. The SMILES string of the molecule is CN(C)c1cc(P)cc2cn(C)nc12. The molecule has 0 aliphatic carbocycles. The Morgan fingerprint density at radius 1 is 1.36 bits per heavy atom. The third-order valence-corrected chi connectivity index (χ3v) is 2.54. The fourth-order valence-corrected chi connectivity index (χ4v) is 1.94. The van der Waals surface area contributed by atoms with Crippen molar-refractivity contribution in [3.63, 3.8) is 0 Å². The fourth-order valence-electron chi connectivity index (χ4n) is 1.60. The average Bonchev–Trinajstić information content (AvgIpc) is 2.42. The van der Waals surface area contributed by atoms with Gasteiger partial charge in [-0.2, -0.15) is 5.10 Å². The summed E-state index contributed by atoms with van der Waals surface area (Å²) in [6, 6.07) is 4.25. The topological polar surface area (TPSA) is 21.1 Å². The van der Waals surface area contributed by atoms with Crippen molar-refractivity contribution in [3.8, 4) is 0 Å². The molecule has 0 saturated carbocycles. The monoisotopic (exact) mass is 207 g/mol. The smallest absolute Gasteiger partial charge is 0.116 e. The van der Waals surface area contributed by atoms with E-state index in [9.17, 15) is 0 Å². The molecule has 74 valence electrons. The molecule has 0 aliphatic rings. The second kappa shape index (κ2) is 3.25. The molecule has 1 aromatic carbocycles. The molecule has 0 aliphatic heterocycles. The summed E-state index contributed by atoms with van der Waals surface area (Å²) in [4.78, 5) is 2.09. The third-order valence-electron chi connectivity index (χ3n) is 2.21. The molecular weight excluding hydrogens is 193 g/mol. The second-order valence-corrected chi connectivity index (χ2v) is 4.34. The van der Waals surface area contributed by atoms with Gasteiger partial charge in [0.1, 0.15) is 5.52 Å². The molecule has 0 amide bonds. The van der Waals surface area contributed by atoms with Crippen LogP contribution in [0.2, 0.25) is 0 Å². The van der Waals surface area contributed by atoms with E-state index < -0.39 is 0 Å². The molecule has 1 atom stereocenters. The van der Waals surface area contributed by atoms with Crippen LogP contribution in [0.15, 0.2) is 18.3 Å². The first-order valence-corrected chi connectivity index (χ1v) is 5.06. The Morgan fingerprint density at radius 2 is 2.07 bits per heavy atom. The number of fused-ring (bicyclic) bond motifs is 1. The van der Waals surface area contributed by atoms with Gasteiger partial charge in [0.25, 0.3) is 0 Å². The van der Waals surface area contributed by atoms with Gasteiger partial charge in [-0.15, -0.1) is 9.24 Å². The molecule has 1 unspecified atom stereocenters. The van der Waals surface area contributed by atoms with Gasteiger partial charge < -0.3 is 4.90 Å². The predicted octanol–water partition coefficient (Wildman–Crippen LogP) is 1.14. The van der Waals surface area contributed by atoms with Crippen molar-refractivity contribution in [3.05, 3.63) is 18.3 Å². The number of anilines is 1. The maximum absolute atomic E-state index is 4.44. The Hall–Kier alpha value is -1.08. The van der Waals surface area contributed by atoms with Crippen molar-refractivity contribution in [1.29, 1.82) is 0 Å². The average molecular weight is 207 g/mol. The van der Waals surface area contributed by atoms with E-state index in [4.69, 9.17) is 0 Å². The first kappa shape index (κ1) is 9.47. The molecule has 1 heterocycles. The molecular formula is C10H14N3P. The summed E-state index contributed by atoms with van der Waals surface area (Å²) in [5.41, 5.74) is 2.22. The van der Waals surface area contributed by atoms with Crippen LogP contribution in [0, 0.1) is 0 Å². The number of hydrogen-bond acceptors (Lipinski definition) is 2. The van der Waals surface area contributed by atoms with Crippen LogP contribution in [-0.2, 0) is 7.05 Å². The Bertz CT molecular complexity index is 473. The number of rotatable bonds is 1. The van der Waals surface area contributed by atoms with Crippen LogP contribution in [0.3, 0.4) is 0 Å². The number of hydrogen-bond donors (Lipinski definition) is 0. The molecule has 0 saturated heterocycles. The van der Waals surface area contributed by atoms with Crippen LogP contribution in [0.5, 0.6) is 0 Å². The van der Waals surface area contributed by atoms with Gasteiger partial charge in [-0.3, -0.25) is 4.68 Å². The van der Waals surface area contributed by atoms with Gasteiger partial charge in [-0.1, -0.05) is 0 Å². The van der Waals surface area contributed by atoms with Gasteiger partial charge in [0.2, 0.25) is 0 Å². The summed E-state index contributed by atoms with van der Waals surface area (Å²) >= 11 is 0. The lowest BCUT2D eigenvalue weighted by molar-refractivity contribution is 0.779. The zero-order valence-electron chi connectivity index (χ0n) is 8.65. The van der Waals surface area contributed by atoms with Crippen molar-refractivity contribution < 1.29 is 0 Å². The summed E-state index contributed by atoms with van der Waals surface area (Å²) in [7, 11) is 8.74. The Morgan fingerprint density at radius 3 is 2.71 bits per heavy atom. The van der Waals surface area contributed by atoms with Crippen LogP contribution in [-0.4, -0.2) is 23.9 Å².